The maximum Gasteiger partial charge on any atom is 0.251 e. The first kappa shape index (κ1) is 31.7. The van der Waals surface area contributed by atoms with Gasteiger partial charge in [0.1, 0.15) is 12.1 Å². The minimum absolute atomic E-state index is 0.0232. The molecule has 5 atom stereocenters. The lowest BCUT2D eigenvalue weighted by molar-refractivity contribution is -0.143. The Hall–Kier alpha value is -3.72. The van der Waals surface area contributed by atoms with Crippen LogP contribution in [0.5, 0.6) is 0 Å². The number of rotatable bonds is 10. The summed E-state index contributed by atoms with van der Waals surface area (Å²) in [6.07, 6.45) is 8.17. The van der Waals surface area contributed by atoms with Gasteiger partial charge in [-0.25, -0.2) is 0 Å². The lowest BCUT2D eigenvalue weighted by Gasteiger charge is -2.35. The van der Waals surface area contributed by atoms with Crippen molar-refractivity contribution < 1.29 is 19.2 Å². The normalized spacial score (nSPS) is 23.2. The predicted octanol–water partition coefficient (Wildman–Crippen LogP) is 3.50. The monoisotopic (exact) mass is 601 g/mol. The third-order valence-corrected chi connectivity index (χ3v) is 9.76. The number of carbonyl (C=O) groups excluding carboxylic acids is 4. The highest BCUT2D eigenvalue weighted by atomic mass is 16.2. The van der Waals surface area contributed by atoms with Gasteiger partial charge in [-0.3, -0.25) is 19.2 Å². The number of benzene rings is 2. The summed E-state index contributed by atoms with van der Waals surface area (Å²) in [5, 5.41) is 12.3. The molecule has 0 radical (unpaired) electrons. The number of nitrogens with zero attached hydrogens (tertiary/aromatic N) is 1. The van der Waals surface area contributed by atoms with E-state index in [1.807, 2.05) is 30.3 Å². The summed E-state index contributed by atoms with van der Waals surface area (Å²) >= 11 is 0. The Balaban J connectivity index is 1.36. The van der Waals surface area contributed by atoms with Crippen LogP contribution in [0.3, 0.4) is 0 Å². The summed E-state index contributed by atoms with van der Waals surface area (Å²) < 4.78 is 0. The van der Waals surface area contributed by atoms with Gasteiger partial charge in [-0.15, -0.1) is 0 Å². The molecule has 4 N–H and O–H groups in total. The predicted molar refractivity (Wildman–Crippen MR) is 170 cm³/mol. The second kappa shape index (κ2) is 14.8. The number of hydrogen-bond acceptors (Lipinski definition) is 5. The van der Waals surface area contributed by atoms with Crippen molar-refractivity contribution in [3.8, 4) is 0 Å². The second-order valence-corrected chi connectivity index (χ2v) is 12.7. The molecule has 44 heavy (non-hydrogen) atoms. The first-order valence-electron chi connectivity index (χ1n) is 16.3. The Morgan fingerprint density at radius 2 is 1.64 bits per heavy atom. The highest BCUT2D eigenvalue weighted by Gasteiger charge is 2.44. The molecule has 0 aromatic heterocycles. The van der Waals surface area contributed by atoms with Crippen LogP contribution in [-0.2, 0) is 20.8 Å². The molecular formula is C35H47N5O4. The number of carbonyl (C=O) groups is 4. The summed E-state index contributed by atoms with van der Waals surface area (Å²) in [4.78, 5) is 56.0. The molecule has 2 fully saturated rings. The van der Waals surface area contributed by atoms with Gasteiger partial charge in [-0.05, 0) is 87.6 Å². The van der Waals surface area contributed by atoms with Crippen molar-refractivity contribution in [1.82, 2.24) is 26.2 Å². The van der Waals surface area contributed by atoms with E-state index in [-0.39, 0.29) is 41.5 Å². The van der Waals surface area contributed by atoms with E-state index in [2.05, 4.69) is 33.4 Å². The molecule has 0 spiro atoms. The van der Waals surface area contributed by atoms with Crippen LogP contribution in [0.25, 0.3) is 0 Å². The first-order chi connectivity index (χ1) is 21.4. The van der Waals surface area contributed by atoms with Gasteiger partial charge >= 0.3 is 0 Å². The van der Waals surface area contributed by atoms with Gasteiger partial charge in [0.05, 0.1) is 12.1 Å². The zero-order valence-corrected chi connectivity index (χ0v) is 26.0. The standard InChI is InChI=1S/C35H47N5O4/c1-23(36-2)32(41)39-31(26-13-5-3-6-14-26)35(44)40-22-24(21-37-33(42)27-15-7-4-8-16-27)20-30(40)34(43)38-29-19-11-17-25-12-9-10-18-28(25)29/h4,7-10,12,15-16,18,23-24,26,29-31,36H,3,5-6,11,13-14,17,19-22H2,1-2H3,(H,37,42)(H,38,43)(H,39,41). The van der Waals surface area contributed by atoms with E-state index in [0.29, 0.717) is 25.1 Å². The van der Waals surface area contributed by atoms with Crippen LogP contribution in [0.1, 0.15) is 85.8 Å². The molecule has 1 saturated carbocycles. The van der Waals surface area contributed by atoms with E-state index in [9.17, 15) is 19.2 Å². The van der Waals surface area contributed by atoms with E-state index in [1.165, 1.54) is 5.56 Å². The maximum atomic E-state index is 14.4. The van der Waals surface area contributed by atoms with Gasteiger partial charge in [0, 0.05) is 18.7 Å². The van der Waals surface area contributed by atoms with Crippen molar-refractivity contribution in [2.24, 2.45) is 11.8 Å². The molecule has 236 valence electrons. The summed E-state index contributed by atoms with van der Waals surface area (Å²) in [6, 6.07) is 15.4. The van der Waals surface area contributed by atoms with Crippen LogP contribution in [0.15, 0.2) is 54.6 Å². The molecule has 1 aliphatic heterocycles. The Bertz CT molecular complexity index is 1310. The third-order valence-electron chi connectivity index (χ3n) is 9.76. The van der Waals surface area contributed by atoms with Crippen LogP contribution < -0.4 is 21.3 Å². The quantitative estimate of drug-likeness (QED) is 0.333. The number of hydrogen-bond donors (Lipinski definition) is 4. The summed E-state index contributed by atoms with van der Waals surface area (Å²) in [5.74, 6) is -0.843. The molecular weight excluding hydrogens is 554 g/mol. The van der Waals surface area contributed by atoms with Crippen LogP contribution in [0.2, 0.25) is 0 Å². The fraction of sp³-hybridized carbons (Fsp3) is 0.543. The van der Waals surface area contributed by atoms with Crippen LogP contribution in [0, 0.1) is 11.8 Å². The molecule has 5 rings (SSSR count). The van der Waals surface area contributed by atoms with Gasteiger partial charge in [0.15, 0.2) is 0 Å². The van der Waals surface area contributed by atoms with E-state index in [0.717, 1.165) is 56.9 Å². The fourth-order valence-electron chi connectivity index (χ4n) is 7.10. The zero-order chi connectivity index (χ0) is 31.1. The molecule has 1 saturated heterocycles. The highest BCUT2D eigenvalue weighted by Crippen LogP contribution is 2.33. The molecule has 3 aliphatic rings. The Morgan fingerprint density at radius 1 is 0.909 bits per heavy atom. The lowest BCUT2D eigenvalue weighted by atomic mass is 9.83. The van der Waals surface area contributed by atoms with Crippen molar-refractivity contribution in [1.29, 1.82) is 0 Å². The largest absolute Gasteiger partial charge is 0.352 e. The molecule has 4 amide bonds. The molecule has 0 bridgehead atoms. The van der Waals surface area contributed by atoms with E-state index >= 15 is 0 Å². The average molecular weight is 602 g/mol. The smallest absolute Gasteiger partial charge is 0.251 e. The van der Waals surface area contributed by atoms with Crippen molar-refractivity contribution in [2.45, 2.75) is 88.9 Å². The topological polar surface area (TPSA) is 120 Å². The minimum atomic E-state index is -0.693. The van der Waals surface area contributed by atoms with Crippen molar-refractivity contribution in [3.05, 3.63) is 71.3 Å². The van der Waals surface area contributed by atoms with Crippen molar-refractivity contribution in [3.63, 3.8) is 0 Å². The number of likely N-dealkylation sites (N-methyl/N-ethyl adjacent to an activating group) is 1. The van der Waals surface area contributed by atoms with Gasteiger partial charge < -0.3 is 26.2 Å². The van der Waals surface area contributed by atoms with E-state index < -0.39 is 18.1 Å². The third kappa shape index (κ3) is 7.49. The van der Waals surface area contributed by atoms with E-state index in [1.54, 1.807) is 31.0 Å². The SMILES string of the molecule is CNC(C)C(=O)NC(C(=O)N1CC(CNC(=O)c2ccccc2)CC1C(=O)NC1CCCc2ccccc21)C1CCCCC1. The van der Waals surface area contributed by atoms with Crippen LogP contribution >= 0.6 is 0 Å². The number of aryl methyl sites for hydroxylation is 1. The van der Waals surface area contributed by atoms with Gasteiger partial charge in [0.2, 0.25) is 17.7 Å². The molecule has 5 unspecified atom stereocenters. The molecule has 1 heterocycles. The van der Waals surface area contributed by atoms with Gasteiger partial charge in [0.25, 0.3) is 5.91 Å². The summed E-state index contributed by atoms with van der Waals surface area (Å²) in [6.45, 7) is 2.47. The van der Waals surface area contributed by atoms with Gasteiger partial charge in [-0.2, -0.15) is 0 Å². The fourth-order valence-corrected chi connectivity index (χ4v) is 7.10. The highest BCUT2D eigenvalue weighted by molar-refractivity contribution is 5.95. The maximum absolute atomic E-state index is 14.4. The first-order valence-corrected chi connectivity index (χ1v) is 16.3. The Labute approximate surface area is 260 Å². The zero-order valence-electron chi connectivity index (χ0n) is 26.0. The summed E-state index contributed by atoms with van der Waals surface area (Å²) in [5.41, 5.74) is 2.97. The van der Waals surface area contributed by atoms with Crippen LogP contribution in [-0.4, -0.2) is 66.8 Å². The van der Waals surface area contributed by atoms with Gasteiger partial charge in [-0.1, -0.05) is 61.7 Å². The molecule has 2 aromatic rings. The molecule has 9 nitrogen and oxygen atoms in total. The number of nitrogens with one attached hydrogen (secondary N) is 4. The van der Waals surface area contributed by atoms with Crippen molar-refractivity contribution >= 4 is 23.6 Å². The summed E-state index contributed by atoms with van der Waals surface area (Å²) in [7, 11) is 1.72. The Morgan fingerprint density at radius 3 is 2.39 bits per heavy atom. The number of amides is 4. The van der Waals surface area contributed by atoms with Crippen molar-refractivity contribution in [2.75, 3.05) is 20.1 Å². The molecule has 2 aliphatic carbocycles. The molecule has 2 aromatic carbocycles. The number of likely N-dealkylation sites (tertiary alicyclic amines) is 1. The second-order valence-electron chi connectivity index (χ2n) is 12.7. The average Bonchev–Trinajstić information content (AvgIpc) is 3.51. The Kier molecular flexibility index (Phi) is 10.7. The lowest BCUT2D eigenvalue weighted by Crippen LogP contribution is -2.58. The van der Waals surface area contributed by atoms with Crippen LogP contribution in [0.4, 0.5) is 0 Å². The van der Waals surface area contributed by atoms with E-state index in [4.69, 9.17) is 0 Å². The number of fused-ring (bicyclic) bond motifs is 1. The minimum Gasteiger partial charge on any atom is -0.352 e. The molecule has 9 heteroatoms.